The summed E-state index contributed by atoms with van der Waals surface area (Å²) in [5.74, 6) is 0.992. The summed E-state index contributed by atoms with van der Waals surface area (Å²) in [5, 5.41) is 2.85. The van der Waals surface area contributed by atoms with E-state index in [0.29, 0.717) is 16.7 Å². The second-order valence-electron chi connectivity index (χ2n) is 3.22. The van der Waals surface area contributed by atoms with E-state index in [2.05, 4.69) is 5.32 Å². The molecular formula is C8H14N2OS2. The van der Waals surface area contributed by atoms with Gasteiger partial charge in [0.25, 0.3) is 0 Å². The average Bonchev–Trinajstić information content (AvgIpc) is 2.82. The molecule has 5 heteroatoms. The van der Waals surface area contributed by atoms with Gasteiger partial charge >= 0.3 is 0 Å². The second kappa shape index (κ2) is 4.81. The Morgan fingerprint density at radius 3 is 2.77 bits per heavy atom. The van der Waals surface area contributed by atoms with Crippen LogP contribution in [0.2, 0.25) is 0 Å². The molecule has 1 atom stereocenters. The molecule has 0 bridgehead atoms. The predicted molar refractivity (Wildman–Crippen MR) is 59.8 cm³/mol. The van der Waals surface area contributed by atoms with E-state index in [1.54, 1.807) is 0 Å². The number of hydrogen-bond acceptors (Lipinski definition) is 3. The van der Waals surface area contributed by atoms with E-state index < -0.39 is 0 Å². The van der Waals surface area contributed by atoms with Crippen molar-refractivity contribution in [3.63, 3.8) is 0 Å². The van der Waals surface area contributed by atoms with Crippen molar-refractivity contribution < 1.29 is 4.79 Å². The molecule has 0 aromatic rings. The van der Waals surface area contributed by atoms with Crippen molar-refractivity contribution in [3.05, 3.63) is 0 Å². The number of carbonyl (C=O) groups excluding carboxylic acids is 1. The lowest BCUT2D eigenvalue weighted by molar-refractivity contribution is -0.118. The highest BCUT2D eigenvalue weighted by atomic mass is 32.2. The molecule has 3 nitrogen and oxygen atoms in total. The third kappa shape index (κ3) is 3.52. The molecule has 0 aliphatic heterocycles. The van der Waals surface area contributed by atoms with Gasteiger partial charge in [0.05, 0.1) is 16.8 Å². The molecule has 1 unspecified atom stereocenters. The predicted octanol–water partition coefficient (Wildman–Crippen LogP) is 0.530. The standard InChI is InChI=1S/C8H14N2OS2/c1-13-4-6(11)10-7(8(9)12)5-2-3-5/h5,7H,2-4H2,1H3,(H2,9,12)(H,10,11). The third-order valence-corrected chi connectivity index (χ3v) is 2.80. The lowest BCUT2D eigenvalue weighted by Gasteiger charge is -2.16. The Labute approximate surface area is 87.8 Å². The SMILES string of the molecule is CSCC(=O)NC(C(N)=S)C1CC1. The zero-order valence-electron chi connectivity index (χ0n) is 7.58. The molecule has 1 aliphatic rings. The summed E-state index contributed by atoms with van der Waals surface area (Å²) >= 11 is 6.39. The number of carbonyl (C=O) groups is 1. The van der Waals surface area contributed by atoms with Crippen LogP contribution in [-0.2, 0) is 4.79 Å². The molecule has 0 saturated heterocycles. The molecule has 1 amide bonds. The number of hydrogen-bond donors (Lipinski definition) is 2. The normalized spacial score (nSPS) is 17.9. The van der Waals surface area contributed by atoms with Crippen LogP contribution in [0.1, 0.15) is 12.8 Å². The molecule has 0 radical (unpaired) electrons. The molecule has 13 heavy (non-hydrogen) atoms. The van der Waals surface area contributed by atoms with Crippen LogP contribution in [0.25, 0.3) is 0 Å². The van der Waals surface area contributed by atoms with Gasteiger partial charge < -0.3 is 11.1 Å². The van der Waals surface area contributed by atoms with E-state index >= 15 is 0 Å². The first-order chi connectivity index (χ1) is 6.15. The molecule has 1 fully saturated rings. The van der Waals surface area contributed by atoms with Gasteiger partial charge in [-0.2, -0.15) is 11.8 Å². The van der Waals surface area contributed by atoms with Gasteiger partial charge in [-0.1, -0.05) is 12.2 Å². The quantitative estimate of drug-likeness (QED) is 0.661. The van der Waals surface area contributed by atoms with Crippen molar-refractivity contribution in [1.29, 1.82) is 0 Å². The molecule has 1 aliphatic carbocycles. The number of nitrogens with two attached hydrogens (primary N) is 1. The number of amides is 1. The molecule has 1 rings (SSSR count). The summed E-state index contributed by atoms with van der Waals surface area (Å²) in [6, 6.07) is -0.0744. The number of thiocarbonyl (C=S) groups is 1. The van der Waals surface area contributed by atoms with Gasteiger partial charge in [-0.3, -0.25) is 4.79 Å². The highest BCUT2D eigenvalue weighted by molar-refractivity contribution is 7.99. The van der Waals surface area contributed by atoms with Gasteiger partial charge in [0, 0.05) is 0 Å². The van der Waals surface area contributed by atoms with Crippen LogP contribution in [0.3, 0.4) is 0 Å². The molecule has 0 aromatic carbocycles. The molecule has 0 spiro atoms. The van der Waals surface area contributed by atoms with Crippen molar-refractivity contribution in [2.45, 2.75) is 18.9 Å². The largest absolute Gasteiger partial charge is 0.392 e. The van der Waals surface area contributed by atoms with Gasteiger partial charge in [-0.05, 0) is 25.0 Å². The molecule has 0 heterocycles. The fourth-order valence-electron chi connectivity index (χ4n) is 1.20. The van der Waals surface area contributed by atoms with Crippen molar-refractivity contribution >= 4 is 34.9 Å². The highest BCUT2D eigenvalue weighted by Gasteiger charge is 2.33. The minimum absolute atomic E-state index is 0.0252. The summed E-state index contributed by atoms with van der Waals surface area (Å²) in [6.45, 7) is 0. The van der Waals surface area contributed by atoms with E-state index in [9.17, 15) is 4.79 Å². The lowest BCUT2D eigenvalue weighted by atomic mass is 10.2. The maximum atomic E-state index is 11.2. The number of rotatable bonds is 5. The van der Waals surface area contributed by atoms with Crippen LogP contribution >= 0.6 is 24.0 Å². The van der Waals surface area contributed by atoms with Crippen LogP contribution in [0, 0.1) is 5.92 Å². The fourth-order valence-corrected chi connectivity index (χ4v) is 1.79. The molecular weight excluding hydrogens is 204 g/mol. The average molecular weight is 218 g/mol. The summed E-state index contributed by atoms with van der Waals surface area (Å²) in [5.41, 5.74) is 5.53. The monoisotopic (exact) mass is 218 g/mol. The Balaban J connectivity index is 2.37. The summed E-state index contributed by atoms with van der Waals surface area (Å²) < 4.78 is 0. The summed E-state index contributed by atoms with van der Waals surface area (Å²) in [6.07, 6.45) is 4.15. The Morgan fingerprint density at radius 2 is 2.38 bits per heavy atom. The molecule has 3 N–H and O–H groups in total. The zero-order valence-corrected chi connectivity index (χ0v) is 9.21. The minimum atomic E-state index is -0.0744. The highest BCUT2D eigenvalue weighted by Crippen LogP contribution is 2.32. The maximum Gasteiger partial charge on any atom is 0.230 e. The Hall–Kier alpha value is -0.290. The summed E-state index contributed by atoms with van der Waals surface area (Å²) in [4.78, 5) is 11.7. The van der Waals surface area contributed by atoms with Crippen molar-refractivity contribution in [3.8, 4) is 0 Å². The first-order valence-corrected chi connectivity index (χ1v) is 6.03. The van der Waals surface area contributed by atoms with Crippen LogP contribution < -0.4 is 11.1 Å². The molecule has 74 valence electrons. The van der Waals surface area contributed by atoms with E-state index in [-0.39, 0.29) is 11.9 Å². The first-order valence-electron chi connectivity index (χ1n) is 4.22. The maximum absolute atomic E-state index is 11.2. The number of thioether (sulfide) groups is 1. The number of nitrogens with one attached hydrogen (secondary N) is 1. The van der Waals surface area contributed by atoms with E-state index in [1.165, 1.54) is 11.8 Å². The van der Waals surface area contributed by atoms with Crippen LogP contribution in [0.5, 0.6) is 0 Å². The third-order valence-electron chi connectivity index (χ3n) is 1.99. The topological polar surface area (TPSA) is 55.1 Å². The van der Waals surface area contributed by atoms with Crippen molar-refractivity contribution in [1.82, 2.24) is 5.32 Å². The zero-order chi connectivity index (χ0) is 9.84. The molecule has 0 aromatic heterocycles. The Bertz CT molecular complexity index is 216. The second-order valence-corrected chi connectivity index (χ2v) is 4.56. The van der Waals surface area contributed by atoms with E-state index in [4.69, 9.17) is 18.0 Å². The molecule has 1 saturated carbocycles. The minimum Gasteiger partial charge on any atom is -0.392 e. The fraction of sp³-hybridized carbons (Fsp3) is 0.750. The van der Waals surface area contributed by atoms with Crippen molar-refractivity contribution in [2.24, 2.45) is 11.7 Å². The summed E-state index contributed by atoms with van der Waals surface area (Å²) in [7, 11) is 0. The van der Waals surface area contributed by atoms with Gasteiger partial charge in [0.2, 0.25) is 5.91 Å². The van der Waals surface area contributed by atoms with Crippen LogP contribution in [0.4, 0.5) is 0 Å². The van der Waals surface area contributed by atoms with E-state index in [1.807, 2.05) is 6.26 Å². The van der Waals surface area contributed by atoms with Gasteiger partial charge in [0.1, 0.15) is 0 Å². The lowest BCUT2D eigenvalue weighted by Crippen LogP contribution is -2.45. The van der Waals surface area contributed by atoms with Gasteiger partial charge in [0.15, 0.2) is 0 Å². The first kappa shape index (κ1) is 10.8. The Kier molecular flexibility index (Phi) is 3.99. The van der Waals surface area contributed by atoms with Crippen LogP contribution in [0.15, 0.2) is 0 Å². The van der Waals surface area contributed by atoms with Crippen LogP contribution in [-0.4, -0.2) is 28.9 Å². The van der Waals surface area contributed by atoms with E-state index in [0.717, 1.165) is 12.8 Å². The smallest absolute Gasteiger partial charge is 0.230 e. The van der Waals surface area contributed by atoms with Gasteiger partial charge in [-0.15, -0.1) is 0 Å². The van der Waals surface area contributed by atoms with Crippen molar-refractivity contribution in [2.75, 3.05) is 12.0 Å². The Morgan fingerprint density at radius 1 is 1.77 bits per heavy atom. The van der Waals surface area contributed by atoms with Gasteiger partial charge in [-0.25, -0.2) is 0 Å².